The first kappa shape index (κ1) is 19.0. The number of carbonyl (C=O) groups is 1. The molecule has 1 aromatic heterocycles. The first-order valence-electron chi connectivity index (χ1n) is 7.91. The predicted molar refractivity (Wildman–Crippen MR) is 95.3 cm³/mol. The molecule has 1 heterocycles. The second-order valence-corrected chi connectivity index (χ2v) is 7.77. The fourth-order valence-electron chi connectivity index (χ4n) is 2.23. The van der Waals surface area contributed by atoms with Gasteiger partial charge in [0.05, 0.1) is 5.75 Å². The third-order valence-corrected chi connectivity index (χ3v) is 4.80. The molecule has 8 heteroatoms. The summed E-state index contributed by atoms with van der Waals surface area (Å²) < 4.78 is 26.4. The standard InChI is InChI=1S/C17H22N4O3S/c1-12(2)21-25(23,24)11-15-6-4-14(5-7-15)10-19-17(22)16-8-9-18-13(3)20-16/h4-9,12,21H,10-11H2,1-3H3,(H,19,22). The van der Waals surface area contributed by atoms with Crippen molar-refractivity contribution in [2.45, 2.75) is 39.1 Å². The molecule has 134 valence electrons. The van der Waals surface area contributed by atoms with E-state index >= 15 is 0 Å². The largest absolute Gasteiger partial charge is 0.347 e. The van der Waals surface area contributed by atoms with E-state index in [2.05, 4.69) is 20.0 Å². The quantitative estimate of drug-likeness (QED) is 0.778. The Kier molecular flexibility index (Phi) is 6.22. The number of benzene rings is 1. The number of amides is 1. The Hall–Kier alpha value is -2.32. The van der Waals surface area contributed by atoms with E-state index in [1.54, 1.807) is 51.1 Å². The molecule has 0 radical (unpaired) electrons. The third-order valence-electron chi connectivity index (χ3n) is 3.26. The monoisotopic (exact) mass is 362 g/mol. The smallest absolute Gasteiger partial charge is 0.270 e. The summed E-state index contributed by atoms with van der Waals surface area (Å²) in [4.78, 5) is 20.1. The molecule has 7 nitrogen and oxygen atoms in total. The highest BCUT2D eigenvalue weighted by atomic mass is 32.2. The molecular formula is C17H22N4O3S. The molecule has 2 N–H and O–H groups in total. The number of hydrogen-bond acceptors (Lipinski definition) is 5. The number of carbonyl (C=O) groups excluding carboxylic acids is 1. The number of aryl methyl sites for hydroxylation is 1. The lowest BCUT2D eigenvalue weighted by Gasteiger charge is -2.10. The van der Waals surface area contributed by atoms with Gasteiger partial charge in [0.25, 0.3) is 5.91 Å². The van der Waals surface area contributed by atoms with Gasteiger partial charge in [-0.25, -0.2) is 23.1 Å². The predicted octanol–water partition coefficient (Wildman–Crippen LogP) is 1.54. The maximum atomic E-state index is 12.0. The van der Waals surface area contributed by atoms with Gasteiger partial charge in [-0.3, -0.25) is 4.79 Å². The average molecular weight is 362 g/mol. The Morgan fingerprint density at radius 2 is 1.76 bits per heavy atom. The zero-order valence-corrected chi connectivity index (χ0v) is 15.3. The van der Waals surface area contributed by atoms with Gasteiger partial charge < -0.3 is 5.32 Å². The highest BCUT2D eigenvalue weighted by Gasteiger charge is 2.13. The van der Waals surface area contributed by atoms with Gasteiger partial charge in [-0.2, -0.15) is 0 Å². The SMILES string of the molecule is Cc1nccc(C(=O)NCc2ccc(CS(=O)(=O)NC(C)C)cc2)n1. The van der Waals surface area contributed by atoms with Crippen LogP contribution in [-0.4, -0.2) is 30.3 Å². The van der Waals surface area contributed by atoms with E-state index in [0.29, 0.717) is 23.6 Å². The van der Waals surface area contributed by atoms with E-state index in [1.807, 2.05) is 0 Å². The lowest BCUT2D eigenvalue weighted by molar-refractivity contribution is 0.0945. The molecule has 1 aromatic carbocycles. The molecule has 0 bridgehead atoms. The van der Waals surface area contributed by atoms with Crippen molar-refractivity contribution in [3.05, 3.63) is 59.2 Å². The fraction of sp³-hybridized carbons (Fsp3) is 0.353. The van der Waals surface area contributed by atoms with Gasteiger partial charge in [-0.05, 0) is 38.0 Å². The number of sulfonamides is 1. The Labute approximate surface area is 148 Å². The molecule has 0 atom stereocenters. The average Bonchev–Trinajstić information content (AvgIpc) is 2.52. The molecule has 0 spiro atoms. The van der Waals surface area contributed by atoms with Crippen LogP contribution in [0.5, 0.6) is 0 Å². The van der Waals surface area contributed by atoms with Crippen molar-refractivity contribution in [2.75, 3.05) is 0 Å². The third kappa shape index (κ3) is 6.24. The van der Waals surface area contributed by atoms with Crippen molar-refractivity contribution in [3.8, 4) is 0 Å². The summed E-state index contributed by atoms with van der Waals surface area (Å²) in [5.41, 5.74) is 1.88. The van der Waals surface area contributed by atoms with Gasteiger partial charge in [0.1, 0.15) is 11.5 Å². The van der Waals surface area contributed by atoms with Crippen molar-refractivity contribution in [1.82, 2.24) is 20.0 Å². The van der Waals surface area contributed by atoms with Crippen LogP contribution in [0.4, 0.5) is 0 Å². The molecule has 0 unspecified atom stereocenters. The van der Waals surface area contributed by atoms with Crippen LogP contribution in [0.2, 0.25) is 0 Å². The summed E-state index contributed by atoms with van der Waals surface area (Å²) in [6.45, 7) is 5.61. The van der Waals surface area contributed by atoms with Crippen LogP contribution >= 0.6 is 0 Å². The molecule has 0 fully saturated rings. The van der Waals surface area contributed by atoms with E-state index in [1.165, 1.54) is 6.20 Å². The summed E-state index contributed by atoms with van der Waals surface area (Å²) in [7, 11) is -3.35. The Balaban J connectivity index is 1.93. The molecule has 1 amide bonds. The van der Waals surface area contributed by atoms with Gasteiger partial charge >= 0.3 is 0 Å². The molecular weight excluding hydrogens is 340 g/mol. The van der Waals surface area contributed by atoms with Crippen molar-refractivity contribution in [1.29, 1.82) is 0 Å². The van der Waals surface area contributed by atoms with Crippen LogP contribution in [0, 0.1) is 6.92 Å². The molecule has 2 rings (SSSR count). The zero-order chi connectivity index (χ0) is 18.4. The maximum absolute atomic E-state index is 12.0. The lowest BCUT2D eigenvalue weighted by atomic mass is 10.1. The Morgan fingerprint density at radius 3 is 2.36 bits per heavy atom. The van der Waals surface area contributed by atoms with Gasteiger partial charge in [-0.1, -0.05) is 24.3 Å². The molecule has 0 aliphatic heterocycles. The fourth-order valence-corrected chi connectivity index (χ4v) is 3.66. The Bertz CT molecular complexity index is 833. The number of aromatic nitrogens is 2. The molecule has 0 saturated carbocycles. The van der Waals surface area contributed by atoms with Crippen LogP contribution in [0.1, 0.15) is 41.3 Å². The number of nitrogens with one attached hydrogen (secondary N) is 2. The summed E-state index contributed by atoms with van der Waals surface area (Å²) in [5.74, 6) is 0.185. The van der Waals surface area contributed by atoms with Gasteiger partial charge in [0.2, 0.25) is 10.0 Å². The van der Waals surface area contributed by atoms with E-state index < -0.39 is 10.0 Å². The van der Waals surface area contributed by atoms with E-state index in [9.17, 15) is 13.2 Å². The van der Waals surface area contributed by atoms with Gasteiger partial charge in [0.15, 0.2) is 0 Å². The first-order chi connectivity index (χ1) is 11.7. The summed E-state index contributed by atoms with van der Waals surface area (Å²) in [6.07, 6.45) is 1.54. The molecule has 0 saturated heterocycles. The summed E-state index contributed by atoms with van der Waals surface area (Å²) in [6, 6.07) is 8.51. The second kappa shape index (κ2) is 8.17. The second-order valence-electron chi connectivity index (χ2n) is 6.02. The molecule has 2 aromatic rings. The minimum atomic E-state index is -3.35. The van der Waals surface area contributed by atoms with Crippen LogP contribution in [-0.2, 0) is 22.3 Å². The van der Waals surface area contributed by atoms with Crippen LogP contribution in [0.15, 0.2) is 36.5 Å². The van der Waals surface area contributed by atoms with Crippen LogP contribution < -0.4 is 10.0 Å². The van der Waals surface area contributed by atoms with E-state index in [0.717, 1.165) is 5.56 Å². The molecule has 0 aliphatic rings. The van der Waals surface area contributed by atoms with E-state index in [-0.39, 0.29) is 17.7 Å². The van der Waals surface area contributed by atoms with Gasteiger partial charge in [0, 0.05) is 18.8 Å². The highest BCUT2D eigenvalue weighted by Crippen LogP contribution is 2.08. The van der Waals surface area contributed by atoms with Gasteiger partial charge in [-0.15, -0.1) is 0 Å². The first-order valence-corrected chi connectivity index (χ1v) is 9.56. The molecule has 0 aliphatic carbocycles. The summed E-state index contributed by atoms with van der Waals surface area (Å²) >= 11 is 0. The number of hydrogen-bond donors (Lipinski definition) is 2. The summed E-state index contributed by atoms with van der Waals surface area (Å²) in [5, 5.41) is 2.78. The number of nitrogens with zero attached hydrogens (tertiary/aromatic N) is 2. The van der Waals surface area contributed by atoms with Crippen LogP contribution in [0.3, 0.4) is 0 Å². The maximum Gasteiger partial charge on any atom is 0.270 e. The van der Waals surface area contributed by atoms with Crippen molar-refractivity contribution >= 4 is 15.9 Å². The minimum absolute atomic E-state index is 0.0714. The normalized spacial score (nSPS) is 11.5. The van der Waals surface area contributed by atoms with Crippen molar-refractivity contribution in [2.24, 2.45) is 0 Å². The zero-order valence-electron chi connectivity index (χ0n) is 14.5. The number of rotatable bonds is 7. The lowest BCUT2D eigenvalue weighted by Crippen LogP contribution is -2.31. The highest BCUT2D eigenvalue weighted by molar-refractivity contribution is 7.88. The topological polar surface area (TPSA) is 101 Å². The minimum Gasteiger partial charge on any atom is -0.347 e. The Morgan fingerprint density at radius 1 is 1.12 bits per heavy atom. The van der Waals surface area contributed by atoms with Crippen molar-refractivity contribution < 1.29 is 13.2 Å². The van der Waals surface area contributed by atoms with E-state index in [4.69, 9.17) is 0 Å². The van der Waals surface area contributed by atoms with Crippen LogP contribution in [0.25, 0.3) is 0 Å². The van der Waals surface area contributed by atoms with Crippen molar-refractivity contribution in [3.63, 3.8) is 0 Å². The molecule has 25 heavy (non-hydrogen) atoms.